The molecule has 0 atom stereocenters. The summed E-state index contributed by atoms with van der Waals surface area (Å²) in [5.41, 5.74) is 1.94. The first kappa shape index (κ1) is 10.4. The lowest BCUT2D eigenvalue weighted by atomic mass is 9.96. The number of ketones is 1. The van der Waals surface area contributed by atoms with Gasteiger partial charge in [-0.3, -0.25) is 4.79 Å². The van der Waals surface area contributed by atoms with Gasteiger partial charge in [0.25, 0.3) is 0 Å². The van der Waals surface area contributed by atoms with Crippen LogP contribution >= 0.6 is 0 Å². The zero-order valence-corrected chi connectivity index (χ0v) is 8.42. The van der Waals surface area contributed by atoms with E-state index >= 15 is 0 Å². The summed E-state index contributed by atoms with van der Waals surface area (Å²) in [6.07, 6.45) is 0. The Morgan fingerprint density at radius 2 is 1.79 bits per heavy atom. The molecule has 3 heteroatoms. The SMILES string of the molecule is CC(=O)c1ccc(C)c(C)c1C(=O)O. The second-order valence-corrected chi connectivity index (χ2v) is 3.29. The minimum absolute atomic E-state index is 0.123. The van der Waals surface area contributed by atoms with Crippen LogP contribution in [0.15, 0.2) is 12.1 Å². The van der Waals surface area contributed by atoms with Gasteiger partial charge in [0, 0.05) is 5.56 Å². The van der Waals surface area contributed by atoms with Gasteiger partial charge >= 0.3 is 5.97 Å². The Morgan fingerprint density at radius 1 is 1.21 bits per heavy atom. The minimum atomic E-state index is -1.04. The fraction of sp³-hybridized carbons (Fsp3) is 0.273. The summed E-state index contributed by atoms with van der Waals surface area (Å²) in [6, 6.07) is 3.33. The molecule has 14 heavy (non-hydrogen) atoms. The Kier molecular flexibility index (Phi) is 2.70. The Hall–Kier alpha value is -1.64. The van der Waals surface area contributed by atoms with Gasteiger partial charge in [0.05, 0.1) is 5.56 Å². The van der Waals surface area contributed by atoms with Crippen LogP contribution in [0, 0.1) is 13.8 Å². The summed E-state index contributed by atoms with van der Waals surface area (Å²) < 4.78 is 0. The number of carbonyl (C=O) groups is 2. The highest BCUT2D eigenvalue weighted by Crippen LogP contribution is 2.18. The maximum Gasteiger partial charge on any atom is 0.336 e. The molecule has 0 aromatic heterocycles. The van der Waals surface area contributed by atoms with Gasteiger partial charge in [-0.05, 0) is 31.9 Å². The Morgan fingerprint density at radius 3 is 2.21 bits per heavy atom. The molecule has 0 saturated carbocycles. The molecule has 0 aliphatic heterocycles. The van der Waals surface area contributed by atoms with E-state index in [1.807, 2.05) is 6.92 Å². The van der Waals surface area contributed by atoms with Gasteiger partial charge in [0.15, 0.2) is 5.78 Å². The van der Waals surface area contributed by atoms with Gasteiger partial charge < -0.3 is 5.11 Å². The molecule has 74 valence electrons. The molecular formula is C11H12O3. The molecule has 0 amide bonds. The van der Waals surface area contributed by atoms with E-state index in [0.29, 0.717) is 5.56 Å². The van der Waals surface area contributed by atoms with Gasteiger partial charge in [-0.25, -0.2) is 4.79 Å². The average Bonchev–Trinajstić information content (AvgIpc) is 2.08. The third-order valence-corrected chi connectivity index (χ3v) is 2.33. The van der Waals surface area contributed by atoms with Crippen LogP contribution in [-0.2, 0) is 0 Å². The van der Waals surface area contributed by atoms with Crippen LogP contribution in [0.3, 0.4) is 0 Å². The van der Waals surface area contributed by atoms with Crippen molar-refractivity contribution < 1.29 is 14.7 Å². The quantitative estimate of drug-likeness (QED) is 0.731. The Labute approximate surface area is 82.4 Å². The summed E-state index contributed by atoms with van der Waals surface area (Å²) in [5.74, 6) is -1.26. The van der Waals surface area contributed by atoms with Crippen molar-refractivity contribution in [1.82, 2.24) is 0 Å². The molecule has 1 N–H and O–H groups in total. The van der Waals surface area contributed by atoms with Gasteiger partial charge in [-0.1, -0.05) is 12.1 Å². The number of carboxylic acid groups (broad SMARTS) is 1. The first-order valence-electron chi connectivity index (χ1n) is 4.29. The largest absolute Gasteiger partial charge is 0.478 e. The molecule has 0 heterocycles. The molecule has 0 unspecified atom stereocenters. The highest BCUT2D eigenvalue weighted by Gasteiger charge is 2.16. The van der Waals surface area contributed by atoms with Gasteiger partial charge in [0.1, 0.15) is 0 Å². The first-order valence-corrected chi connectivity index (χ1v) is 4.29. The molecule has 0 bridgehead atoms. The van der Waals surface area contributed by atoms with E-state index < -0.39 is 5.97 Å². The molecule has 0 radical (unpaired) electrons. The van der Waals surface area contributed by atoms with Crippen LogP contribution in [0.5, 0.6) is 0 Å². The van der Waals surface area contributed by atoms with Crippen molar-refractivity contribution in [3.05, 3.63) is 34.4 Å². The third kappa shape index (κ3) is 1.66. The molecule has 0 saturated heterocycles. The predicted octanol–water partition coefficient (Wildman–Crippen LogP) is 2.20. The van der Waals surface area contributed by atoms with Gasteiger partial charge in [0.2, 0.25) is 0 Å². The number of hydrogen-bond acceptors (Lipinski definition) is 2. The molecule has 1 rings (SSSR count). The van der Waals surface area contributed by atoms with Crippen molar-refractivity contribution in [2.75, 3.05) is 0 Å². The zero-order chi connectivity index (χ0) is 10.9. The number of Topliss-reactive ketones (excluding diaryl/α,β-unsaturated/α-hetero) is 1. The lowest BCUT2D eigenvalue weighted by molar-refractivity contribution is 0.0691. The van der Waals surface area contributed by atoms with E-state index in [9.17, 15) is 9.59 Å². The summed E-state index contributed by atoms with van der Waals surface area (Å²) in [6.45, 7) is 4.91. The van der Waals surface area contributed by atoms with Crippen molar-refractivity contribution in [3.63, 3.8) is 0 Å². The highest BCUT2D eigenvalue weighted by atomic mass is 16.4. The van der Waals surface area contributed by atoms with E-state index in [4.69, 9.17) is 5.11 Å². The molecule has 3 nitrogen and oxygen atoms in total. The van der Waals surface area contributed by atoms with Crippen molar-refractivity contribution >= 4 is 11.8 Å². The van der Waals surface area contributed by atoms with Gasteiger partial charge in [-0.15, -0.1) is 0 Å². The van der Waals surface area contributed by atoms with E-state index in [-0.39, 0.29) is 16.9 Å². The number of hydrogen-bond donors (Lipinski definition) is 1. The number of carbonyl (C=O) groups excluding carboxylic acids is 1. The van der Waals surface area contributed by atoms with Crippen LogP contribution in [-0.4, -0.2) is 16.9 Å². The number of aryl methyl sites for hydroxylation is 1. The average molecular weight is 192 g/mol. The standard InChI is InChI=1S/C11H12O3/c1-6-4-5-9(8(3)12)10(7(6)2)11(13)14/h4-5H,1-3H3,(H,13,14). The molecule has 0 spiro atoms. The van der Waals surface area contributed by atoms with Gasteiger partial charge in [-0.2, -0.15) is 0 Å². The predicted molar refractivity (Wildman–Crippen MR) is 52.9 cm³/mol. The molecule has 0 aliphatic rings. The zero-order valence-electron chi connectivity index (χ0n) is 8.42. The van der Waals surface area contributed by atoms with E-state index in [1.165, 1.54) is 6.92 Å². The van der Waals surface area contributed by atoms with Crippen LogP contribution in [0.2, 0.25) is 0 Å². The number of carboxylic acids is 1. The Balaban J connectivity index is 3.53. The van der Waals surface area contributed by atoms with Crippen LogP contribution < -0.4 is 0 Å². The minimum Gasteiger partial charge on any atom is -0.478 e. The summed E-state index contributed by atoms with van der Waals surface area (Å²) in [7, 11) is 0. The smallest absolute Gasteiger partial charge is 0.336 e. The first-order chi connectivity index (χ1) is 6.45. The van der Waals surface area contributed by atoms with Crippen molar-refractivity contribution in [2.24, 2.45) is 0 Å². The number of aromatic carboxylic acids is 1. The lowest BCUT2D eigenvalue weighted by Gasteiger charge is -2.08. The fourth-order valence-corrected chi connectivity index (χ4v) is 1.38. The summed E-state index contributed by atoms with van der Waals surface area (Å²) >= 11 is 0. The van der Waals surface area contributed by atoms with Crippen LogP contribution in [0.1, 0.15) is 38.8 Å². The molecule has 0 fully saturated rings. The van der Waals surface area contributed by atoms with Crippen molar-refractivity contribution in [1.29, 1.82) is 0 Å². The lowest BCUT2D eigenvalue weighted by Crippen LogP contribution is -2.09. The summed E-state index contributed by atoms with van der Waals surface area (Å²) in [5, 5.41) is 8.97. The van der Waals surface area contributed by atoms with Crippen LogP contribution in [0.4, 0.5) is 0 Å². The third-order valence-electron chi connectivity index (χ3n) is 2.33. The fourth-order valence-electron chi connectivity index (χ4n) is 1.38. The van der Waals surface area contributed by atoms with E-state index in [2.05, 4.69) is 0 Å². The number of benzene rings is 1. The second kappa shape index (κ2) is 3.62. The van der Waals surface area contributed by atoms with Crippen molar-refractivity contribution in [2.45, 2.75) is 20.8 Å². The van der Waals surface area contributed by atoms with Crippen molar-refractivity contribution in [3.8, 4) is 0 Å². The molecule has 1 aromatic rings. The normalized spacial score (nSPS) is 9.93. The molecular weight excluding hydrogens is 180 g/mol. The molecule has 0 aliphatic carbocycles. The maximum atomic E-state index is 11.2. The topological polar surface area (TPSA) is 54.4 Å². The molecule has 1 aromatic carbocycles. The number of rotatable bonds is 2. The monoisotopic (exact) mass is 192 g/mol. The Bertz CT molecular complexity index is 405. The second-order valence-electron chi connectivity index (χ2n) is 3.29. The highest BCUT2D eigenvalue weighted by molar-refractivity contribution is 6.05. The maximum absolute atomic E-state index is 11.2. The van der Waals surface area contributed by atoms with E-state index in [0.717, 1.165) is 5.56 Å². The summed E-state index contributed by atoms with van der Waals surface area (Å²) in [4.78, 5) is 22.1. The van der Waals surface area contributed by atoms with Crippen LogP contribution in [0.25, 0.3) is 0 Å². The van der Waals surface area contributed by atoms with E-state index in [1.54, 1.807) is 19.1 Å².